The molecule has 17 heavy (non-hydrogen) atoms. The zero-order valence-corrected chi connectivity index (χ0v) is 12.3. The average Bonchev–Trinajstić information content (AvgIpc) is 2.36. The Bertz CT molecular complexity index is 351. The van der Waals surface area contributed by atoms with Gasteiger partial charge in [0.25, 0.3) is 0 Å². The zero-order valence-electron chi connectivity index (χ0n) is 10.8. The predicted molar refractivity (Wildman–Crippen MR) is 76.9 cm³/mol. The first-order valence-corrected chi connectivity index (χ1v) is 7.01. The summed E-state index contributed by atoms with van der Waals surface area (Å²) >= 11 is 11.9. The van der Waals surface area contributed by atoms with Gasteiger partial charge in [0.2, 0.25) is 0 Å². The summed E-state index contributed by atoms with van der Waals surface area (Å²) in [5.41, 5.74) is 1.42. The number of hydrogen-bond donors (Lipinski definition) is 1. The zero-order chi connectivity index (χ0) is 12.9. The van der Waals surface area contributed by atoms with Gasteiger partial charge in [0.15, 0.2) is 0 Å². The van der Waals surface area contributed by atoms with Crippen molar-refractivity contribution in [2.75, 3.05) is 0 Å². The minimum absolute atomic E-state index is 0.242. The van der Waals surface area contributed by atoms with Crippen LogP contribution in [-0.4, -0.2) is 5.54 Å². The largest absolute Gasteiger partial charge is 0.307 e. The van der Waals surface area contributed by atoms with Gasteiger partial charge < -0.3 is 5.32 Å². The molecule has 0 unspecified atom stereocenters. The maximum atomic E-state index is 6.01. The molecule has 0 atom stereocenters. The van der Waals surface area contributed by atoms with Crippen molar-refractivity contribution in [2.24, 2.45) is 0 Å². The van der Waals surface area contributed by atoms with Gasteiger partial charge in [-0.25, -0.2) is 0 Å². The highest BCUT2D eigenvalue weighted by Crippen LogP contribution is 2.24. The molecular weight excluding hydrogens is 253 g/mol. The van der Waals surface area contributed by atoms with E-state index in [2.05, 4.69) is 26.1 Å². The molecule has 0 bridgehead atoms. The van der Waals surface area contributed by atoms with Gasteiger partial charge in [-0.2, -0.15) is 0 Å². The summed E-state index contributed by atoms with van der Waals surface area (Å²) in [5, 5.41) is 4.88. The van der Waals surface area contributed by atoms with Crippen LogP contribution < -0.4 is 5.32 Å². The molecule has 0 aromatic heterocycles. The van der Waals surface area contributed by atoms with E-state index in [0.29, 0.717) is 10.0 Å². The molecule has 0 aliphatic heterocycles. The van der Waals surface area contributed by atoms with Crippen molar-refractivity contribution < 1.29 is 0 Å². The molecule has 3 heteroatoms. The van der Waals surface area contributed by atoms with Gasteiger partial charge in [-0.1, -0.05) is 50.0 Å². The molecule has 0 spiro atoms. The topological polar surface area (TPSA) is 12.0 Å². The van der Waals surface area contributed by atoms with E-state index in [4.69, 9.17) is 23.2 Å². The van der Waals surface area contributed by atoms with Crippen LogP contribution in [0.5, 0.6) is 0 Å². The highest BCUT2D eigenvalue weighted by Gasteiger charge is 2.22. The third kappa shape index (κ3) is 3.87. The lowest BCUT2D eigenvalue weighted by Gasteiger charge is -2.32. The molecule has 1 aromatic rings. The number of benzene rings is 1. The van der Waals surface area contributed by atoms with Crippen molar-refractivity contribution in [3.05, 3.63) is 33.8 Å². The van der Waals surface area contributed by atoms with Crippen LogP contribution in [0.4, 0.5) is 0 Å². The van der Waals surface area contributed by atoms with Gasteiger partial charge in [0.05, 0.1) is 10.0 Å². The van der Waals surface area contributed by atoms with Crippen LogP contribution in [0.25, 0.3) is 0 Å². The van der Waals surface area contributed by atoms with Crippen LogP contribution >= 0.6 is 23.2 Å². The summed E-state index contributed by atoms with van der Waals surface area (Å²) in [6, 6.07) is 5.81. The van der Waals surface area contributed by atoms with E-state index in [9.17, 15) is 0 Å². The van der Waals surface area contributed by atoms with Crippen LogP contribution in [0.2, 0.25) is 10.0 Å². The molecule has 0 aliphatic carbocycles. The van der Waals surface area contributed by atoms with Gasteiger partial charge in [-0.05, 0) is 37.0 Å². The lowest BCUT2D eigenvalue weighted by atomic mass is 9.89. The summed E-state index contributed by atoms with van der Waals surface area (Å²) in [6.45, 7) is 7.53. The number of nitrogens with one attached hydrogen (secondary N) is 1. The van der Waals surface area contributed by atoms with Gasteiger partial charge in [0, 0.05) is 12.1 Å². The molecule has 0 amide bonds. The van der Waals surface area contributed by atoms with Crippen molar-refractivity contribution in [2.45, 2.75) is 52.1 Å². The molecule has 96 valence electrons. The van der Waals surface area contributed by atoms with E-state index in [1.54, 1.807) is 0 Å². The molecule has 1 aromatic carbocycles. The smallest absolute Gasteiger partial charge is 0.0595 e. The van der Waals surface area contributed by atoms with Crippen molar-refractivity contribution in [1.82, 2.24) is 5.32 Å². The molecule has 0 heterocycles. The Balaban J connectivity index is 2.68. The van der Waals surface area contributed by atoms with Gasteiger partial charge in [-0.15, -0.1) is 0 Å². The van der Waals surface area contributed by atoms with Gasteiger partial charge >= 0.3 is 0 Å². The Labute approximate surface area is 115 Å². The summed E-state index contributed by atoms with van der Waals surface area (Å²) in [7, 11) is 0. The molecule has 0 saturated carbocycles. The average molecular weight is 274 g/mol. The lowest BCUT2D eigenvalue weighted by molar-refractivity contribution is 0.288. The van der Waals surface area contributed by atoms with Crippen molar-refractivity contribution in [3.63, 3.8) is 0 Å². The van der Waals surface area contributed by atoms with Crippen LogP contribution in [0.15, 0.2) is 18.2 Å². The van der Waals surface area contributed by atoms with Crippen molar-refractivity contribution >= 4 is 23.2 Å². The van der Waals surface area contributed by atoms with E-state index in [1.807, 2.05) is 18.2 Å². The third-order valence-electron chi connectivity index (χ3n) is 3.68. The van der Waals surface area contributed by atoms with Gasteiger partial charge in [0.1, 0.15) is 0 Å². The maximum Gasteiger partial charge on any atom is 0.0595 e. The number of halogens is 2. The molecule has 0 saturated heterocycles. The minimum atomic E-state index is 0.242. The van der Waals surface area contributed by atoms with E-state index in [0.717, 1.165) is 25.8 Å². The molecule has 0 radical (unpaired) electrons. The SMILES string of the molecule is CCC(CC)(CC)NCc1ccc(Cl)c(Cl)c1. The van der Waals surface area contributed by atoms with Crippen LogP contribution in [-0.2, 0) is 6.54 Å². The lowest BCUT2D eigenvalue weighted by Crippen LogP contribution is -2.43. The van der Waals surface area contributed by atoms with E-state index in [1.165, 1.54) is 5.56 Å². The Kier molecular flexibility index (Phi) is 5.78. The van der Waals surface area contributed by atoms with E-state index < -0.39 is 0 Å². The standard InChI is InChI=1S/C14H21Cl2N/c1-4-14(5-2,6-3)17-10-11-7-8-12(15)13(16)9-11/h7-9,17H,4-6,10H2,1-3H3. The summed E-state index contributed by atoms with van der Waals surface area (Å²) in [5.74, 6) is 0. The Morgan fingerprint density at radius 1 is 1.00 bits per heavy atom. The Morgan fingerprint density at radius 3 is 2.06 bits per heavy atom. The van der Waals surface area contributed by atoms with Gasteiger partial charge in [-0.3, -0.25) is 0 Å². The molecule has 0 aliphatic rings. The molecular formula is C14H21Cl2N. The second-order valence-corrected chi connectivity index (χ2v) is 5.26. The number of rotatable bonds is 6. The van der Waals surface area contributed by atoms with E-state index in [-0.39, 0.29) is 5.54 Å². The van der Waals surface area contributed by atoms with Crippen molar-refractivity contribution in [1.29, 1.82) is 0 Å². The first kappa shape index (κ1) is 14.8. The van der Waals surface area contributed by atoms with Crippen LogP contribution in [0.3, 0.4) is 0 Å². The second-order valence-electron chi connectivity index (χ2n) is 4.44. The quantitative estimate of drug-likeness (QED) is 0.765. The highest BCUT2D eigenvalue weighted by molar-refractivity contribution is 6.42. The normalized spacial score (nSPS) is 11.8. The Morgan fingerprint density at radius 2 is 1.59 bits per heavy atom. The summed E-state index contributed by atoms with van der Waals surface area (Å²) in [4.78, 5) is 0. The van der Waals surface area contributed by atoms with E-state index >= 15 is 0 Å². The predicted octanol–water partition coefficient (Wildman–Crippen LogP) is 5.05. The fourth-order valence-electron chi connectivity index (χ4n) is 2.06. The first-order chi connectivity index (χ1) is 8.06. The van der Waals surface area contributed by atoms with Crippen molar-refractivity contribution in [3.8, 4) is 0 Å². The molecule has 0 fully saturated rings. The second kappa shape index (κ2) is 6.63. The summed E-state index contributed by atoms with van der Waals surface area (Å²) < 4.78 is 0. The molecule has 1 rings (SSSR count). The Hall–Kier alpha value is -0.240. The third-order valence-corrected chi connectivity index (χ3v) is 4.42. The number of hydrogen-bond acceptors (Lipinski definition) is 1. The highest BCUT2D eigenvalue weighted by atomic mass is 35.5. The molecule has 1 N–H and O–H groups in total. The minimum Gasteiger partial charge on any atom is -0.307 e. The fourth-order valence-corrected chi connectivity index (χ4v) is 2.38. The molecule has 1 nitrogen and oxygen atoms in total. The monoisotopic (exact) mass is 273 g/mol. The summed E-state index contributed by atoms with van der Waals surface area (Å²) in [6.07, 6.45) is 3.42. The van der Waals surface area contributed by atoms with Crippen LogP contribution in [0, 0.1) is 0 Å². The first-order valence-electron chi connectivity index (χ1n) is 6.26. The fraction of sp³-hybridized carbons (Fsp3) is 0.571. The maximum absolute atomic E-state index is 6.01. The van der Waals surface area contributed by atoms with Crippen LogP contribution in [0.1, 0.15) is 45.6 Å².